The van der Waals surface area contributed by atoms with E-state index in [-0.39, 0.29) is 5.41 Å². The summed E-state index contributed by atoms with van der Waals surface area (Å²) in [6.45, 7) is 7.85. The zero-order chi connectivity index (χ0) is 13.3. The highest BCUT2D eigenvalue weighted by atomic mass is 32.1. The summed E-state index contributed by atoms with van der Waals surface area (Å²) in [5.74, 6) is 1.21. The molecule has 0 saturated heterocycles. The molecule has 0 amide bonds. The molecule has 0 aliphatic rings. The predicted octanol–water partition coefficient (Wildman–Crippen LogP) is 2.57. The van der Waals surface area contributed by atoms with Gasteiger partial charge >= 0.3 is 0 Å². The number of nitrogens with zero attached hydrogens (tertiary/aromatic N) is 3. The van der Waals surface area contributed by atoms with Crippen LogP contribution in [0.1, 0.15) is 32.3 Å². The Bertz CT molecular complexity index is 561. The Morgan fingerprint density at radius 3 is 2.61 bits per heavy atom. The minimum Gasteiger partial charge on any atom is -0.618 e. The molecule has 0 saturated carbocycles. The zero-order valence-electron chi connectivity index (χ0n) is 10.8. The van der Waals surface area contributed by atoms with Gasteiger partial charge in [0.1, 0.15) is 0 Å². The topological polar surface area (TPSA) is 62.0 Å². The Labute approximate surface area is 110 Å². The molecule has 5 nitrogen and oxygen atoms in total. The number of pyridine rings is 1. The normalized spacial score (nSPS) is 11.6. The molecule has 0 bridgehead atoms. The summed E-state index contributed by atoms with van der Waals surface area (Å²) in [5, 5.41) is 11.8. The first-order valence-electron chi connectivity index (χ1n) is 5.58. The predicted molar refractivity (Wildman–Crippen MR) is 68.8 cm³/mol. The monoisotopic (exact) mass is 265 g/mol. The van der Waals surface area contributed by atoms with Crippen LogP contribution >= 0.6 is 11.5 Å². The summed E-state index contributed by atoms with van der Waals surface area (Å²) in [5.41, 5.74) is 0.513. The van der Waals surface area contributed by atoms with Gasteiger partial charge in [0.15, 0.2) is 17.3 Å². The average Bonchev–Trinajstić information content (AvgIpc) is 2.72. The second-order valence-corrected chi connectivity index (χ2v) is 5.78. The van der Waals surface area contributed by atoms with Crippen LogP contribution in [-0.4, -0.2) is 9.36 Å². The largest absolute Gasteiger partial charge is 0.618 e. The second-order valence-electron chi connectivity index (χ2n) is 5.07. The SMILES string of the molecule is Cc1ccc(Oc2nc(C(C)(C)C)ns2)c[n+]1[O-]. The lowest BCUT2D eigenvalue weighted by Gasteiger charge is -2.11. The fourth-order valence-electron chi connectivity index (χ4n) is 1.25. The van der Waals surface area contributed by atoms with E-state index in [1.807, 2.05) is 20.8 Å². The molecule has 96 valence electrons. The fourth-order valence-corrected chi connectivity index (χ4v) is 1.99. The quantitative estimate of drug-likeness (QED) is 0.618. The van der Waals surface area contributed by atoms with Gasteiger partial charge in [-0.3, -0.25) is 0 Å². The first-order chi connectivity index (χ1) is 8.36. The van der Waals surface area contributed by atoms with Crippen LogP contribution in [-0.2, 0) is 5.41 Å². The molecule has 2 aromatic rings. The molecular formula is C12H15N3O2S. The van der Waals surface area contributed by atoms with Crippen LogP contribution in [0.3, 0.4) is 0 Å². The van der Waals surface area contributed by atoms with Gasteiger partial charge < -0.3 is 9.94 Å². The maximum absolute atomic E-state index is 11.4. The molecule has 2 aromatic heterocycles. The van der Waals surface area contributed by atoms with Crippen LogP contribution in [0.15, 0.2) is 18.3 Å². The van der Waals surface area contributed by atoms with Crippen LogP contribution in [0.2, 0.25) is 0 Å². The zero-order valence-corrected chi connectivity index (χ0v) is 11.6. The molecule has 0 spiro atoms. The van der Waals surface area contributed by atoms with Crippen LogP contribution in [0.4, 0.5) is 0 Å². The third-order valence-corrected chi connectivity index (χ3v) is 2.96. The van der Waals surface area contributed by atoms with Gasteiger partial charge in [0.25, 0.3) is 5.19 Å². The molecule has 0 radical (unpaired) electrons. The Morgan fingerprint density at radius 1 is 1.33 bits per heavy atom. The van der Waals surface area contributed by atoms with E-state index < -0.39 is 0 Å². The van der Waals surface area contributed by atoms with Gasteiger partial charge in [0.2, 0.25) is 6.20 Å². The summed E-state index contributed by atoms with van der Waals surface area (Å²) >= 11 is 1.19. The van der Waals surface area contributed by atoms with Gasteiger partial charge in [-0.25, -0.2) is 0 Å². The molecule has 0 aromatic carbocycles. The van der Waals surface area contributed by atoms with Crippen molar-refractivity contribution in [3.8, 4) is 10.9 Å². The molecule has 0 atom stereocenters. The third-order valence-electron chi connectivity index (χ3n) is 2.36. The molecule has 0 aliphatic heterocycles. The molecule has 2 heterocycles. The standard InChI is InChI=1S/C12H15N3O2S/c1-8-5-6-9(7-15(8)16)17-11-13-10(14-18-11)12(2,3)4/h5-7H,1-4H3. The maximum atomic E-state index is 11.4. The fraction of sp³-hybridized carbons (Fsp3) is 0.417. The van der Waals surface area contributed by atoms with E-state index in [0.717, 1.165) is 10.6 Å². The Balaban J connectivity index is 2.19. The molecule has 0 unspecified atom stereocenters. The average molecular weight is 265 g/mol. The van der Waals surface area contributed by atoms with Crippen LogP contribution in [0.5, 0.6) is 10.9 Å². The number of aryl methyl sites for hydroxylation is 1. The molecule has 0 N–H and O–H groups in total. The first kappa shape index (κ1) is 12.8. The number of rotatable bonds is 2. The molecule has 0 fully saturated rings. The van der Waals surface area contributed by atoms with E-state index in [4.69, 9.17) is 4.74 Å². The molecule has 6 heteroatoms. The molecular weight excluding hydrogens is 250 g/mol. The highest BCUT2D eigenvalue weighted by molar-refractivity contribution is 7.07. The van der Waals surface area contributed by atoms with Gasteiger partial charge in [0, 0.05) is 29.9 Å². The second kappa shape index (κ2) is 4.53. The Hall–Kier alpha value is -1.69. The summed E-state index contributed by atoms with van der Waals surface area (Å²) < 4.78 is 10.5. The van der Waals surface area contributed by atoms with E-state index in [1.54, 1.807) is 19.1 Å². The minimum atomic E-state index is -0.107. The third kappa shape index (κ3) is 2.76. The van der Waals surface area contributed by atoms with Gasteiger partial charge in [-0.05, 0) is 6.07 Å². The van der Waals surface area contributed by atoms with Crippen molar-refractivity contribution >= 4 is 11.5 Å². The van der Waals surface area contributed by atoms with E-state index in [2.05, 4.69) is 9.36 Å². The van der Waals surface area contributed by atoms with Crippen LogP contribution in [0, 0.1) is 12.1 Å². The van der Waals surface area contributed by atoms with Crippen molar-refractivity contribution in [2.24, 2.45) is 0 Å². The van der Waals surface area contributed by atoms with Crippen molar-refractivity contribution in [3.63, 3.8) is 0 Å². The van der Waals surface area contributed by atoms with Gasteiger partial charge in [0.05, 0.1) is 0 Å². The number of hydrogen-bond acceptors (Lipinski definition) is 5. The highest BCUT2D eigenvalue weighted by Crippen LogP contribution is 2.27. The summed E-state index contributed by atoms with van der Waals surface area (Å²) in [4.78, 5) is 4.30. The van der Waals surface area contributed by atoms with Crippen molar-refractivity contribution in [1.82, 2.24) is 9.36 Å². The smallest absolute Gasteiger partial charge is 0.298 e. The van der Waals surface area contributed by atoms with E-state index in [1.165, 1.54) is 17.7 Å². The van der Waals surface area contributed by atoms with E-state index >= 15 is 0 Å². The Kier molecular flexibility index (Phi) is 3.21. The molecule has 2 rings (SSSR count). The minimum absolute atomic E-state index is 0.107. The summed E-state index contributed by atoms with van der Waals surface area (Å²) in [6.07, 6.45) is 1.38. The van der Waals surface area contributed by atoms with Crippen molar-refractivity contribution in [3.05, 3.63) is 35.1 Å². The lowest BCUT2D eigenvalue weighted by molar-refractivity contribution is -0.612. The van der Waals surface area contributed by atoms with Crippen molar-refractivity contribution in [2.45, 2.75) is 33.1 Å². The Morgan fingerprint density at radius 2 is 2.06 bits per heavy atom. The van der Waals surface area contributed by atoms with Gasteiger partial charge in [-0.1, -0.05) is 20.8 Å². The molecule has 18 heavy (non-hydrogen) atoms. The van der Waals surface area contributed by atoms with E-state index in [0.29, 0.717) is 16.6 Å². The first-order valence-corrected chi connectivity index (χ1v) is 6.35. The van der Waals surface area contributed by atoms with Crippen LogP contribution < -0.4 is 9.47 Å². The summed E-state index contributed by atoms with van der Waals surface area (Å²) in [6, 6.07) is 3.44. The van der Waals surface area contributed by atoms with Crippen molar-refractivity contribution in [1.29, 1.82) is 0 Å². The van der Waals surface area contributed by atoms with E-state index in [9.17, 15) is 5.21 Å². The lowest BCUT2D eigenvalue weighted by atomic mass is 9.96. The number of hydrogen-bond donors (Lipinski definition) is 0. The van der Waals surface area contributed by atoms with Gasteiger partial charge in [-0.15, -0.1) is 0 Å². The van der Waals surface area contributed by atoms with Crippen molar-refractivity contribution < 1.29 is 9.47 Å². The highest BCUT2D eigenvalue weighted by Gasteiger charge is 2.20. The van der Waals surface area contributed by atoms with Crippen molar-refractivity contribution in [2.75, 3.05) is 0 Å². The number of ether oxygens (including phenoxy) is 1. The number of aromatic nitrogens is 3. The molecule has 0 aliphatic carbocycles. The van der Waals surface area contributed by atoms with Gasteiger partial charge in [-0.2, -0.15) is 14.1 Å². The van der Waals surface area contributed by atoms with Crippen LogP contribution in [0.25, 0.3) is 0 Å². The summed E-state index contributed by atoms with van der Waals surface area (Å²) in [7, 11) is 0. The maximum Gasteiger partial charge on any atom is 0.298 e. The lowest BCUT2D eigenvalue weighted by Crippen LogP contribution is -2.28.